The number of nitrogens with zero attached hydrogens (tertiary/aromatic N) is 5. The van der Waals surface area contributed by atoms with Crippen LogP contribution in [0.4, 0.5) is 22.5 Å². The lowest BCUT2D eigenvalue weighted by Gasteiger charge is -2.55. The van der Waals surface area contributed by atoms with Gasteiger partial charge in [-0.1, -0.05) is 29.9 Å². The number of hydrogen-bond acceptors (Lipinski definition) is 18. The number of benzene rings is 1. The van der Waals surface area contributed by atoms with Crippen LogP contribution in [-0.2, 0) is 24.0 Å². The minimum absolute atomic E-state index is 0.0480. The number of phenolic OH excluding ortho intramolecular Hbond substituents is 2. The number of aromatic nitrogens is 3. The van der Waals surface area contributed by atoms with Gasteiger partial charge in [0.1, 0.15) is 27.5 Å². The molecule has 2 aliphatic rings. The number of hydrogen-bond donors (Lipinski definition) is 9. The third-order valence-corrected chi connectivity index (χ3v) is 11.0. The van der Waals surface area contributed by atoms with Crippen LogP contribution in [0.3, 0.4) is 0 Å². The standard InChI is InChI=1S/C25H26N10O9S3/c1-7-25(22(42)43,47-24-32-16(27)12(26)17(28)33-24)6-35-19(39)14(20(35)46-7)31-18(38)13(9-5-45-23(29)30-9)34-44-15(21(40)41)8-2-3-10(36)11(37)4-8/h2-5,7,14-15,20,36-37H,6,26H2,1H3,(H2,29,30)(H,31,38)(H,40,41)(H,42,43)(H4,27,28,32,33)/t7?,14?,15-,20+,25?/m0/s1. The van der Waals surface area contributed by atoms with E-state index in [-0.39, 0.29) is 45.4 Å². The maximum absolute atomic E-state index is 13.5. The van der Waals surface area contributed by atoms with E-state index in [9.17, 15) is 39.6 Å². The van der Waals surface area contributed by atoms with Crippen molar-refractivity contribution in [3.05, 3.63) is 34.8 Å². The van der Waals surface area contributed by atoms with Crippen LogP contribution < -0.4 is 28.3 Å². The minimum atomic E-state index is -1.83. The van der Waals surface area contributed by atoms with Crippen molar-refractivity contribution in [3.63, 3.8) is 0 Å². The van der Waals surface area contributed by atoms with Crippen LogP contribution in [0.5, 0.6) is 11.5 Å². The van der Waals surface area contributed by atoms with E-state index in [2.05, 4.69) is 25.4 Å². The molecule has 248 valence electrons. The molecule has 2 amide bonds. The number of carbonyl (C=O) groups excluding carboxylic acids is 2. The van der Waals surface area contributed by atoms with E-state index in [1.54, 1.807) is 6.92 Å². The van der Waals surface area contributed by atoms with Crippen LogP contribution in [0.15, 0.2) is 33.9 Å². The van der Waals surface area contributed by atoms with Gasteiger partial charge in [0, 0.05) is 22.7 Å². The Bertz CT molecular complexity index is 1800. The number of thioether (sulfide) groups is 2. The summed E-state index contributed by atoms with van der Waals surface area (Å²) in [6.07, 6.45) is -1.83. The number of phenols is 2. The summed E-state index contributed by atoms with van der Waals surface area (Å²) in [6, 6.07) is 2.04. The first-order valence-electron chi connectivity index (χ1n) is 13.2. The van der Waals surface area contributed by atoms with Gasteiger partial charge >= 0.3 is 11.9 Å². The number of thiazole rings is 1. The molecular weight excluding hydrogens is 681 g/mol. The van der Waals surface area contributed by atoms with Crippen LogP contribution in [0, 0.1) is 0 Å². The normalized spacial score (nSPS) is 22.9. The number of aromatic hydroxyl groups is 2. The van der Waals surface area contributed by atoms with Crippen molar-refractivity contribution in [1.29, 1.82) is 0 Å². The number of carbonyl (C=O) groups is 4. The molecule has 0 bridgehead atoms. The van der Waals surface area contributed by atoms with Gasteiger partial charge in [0.25, 0.3) is 5.91 Å². The fourth-order valence-corrected chi connectivity index (χ4v) is 8.05. The quantitative estimate of drug-likeness (QED) is 0.0426. The summed E-state index contributed by atoms with van der Waals surface area (Å²) in [6.45, 7) is 1.36. The number of β-lactam (4-membered cyclic amide) rings is 1. The Hall–Kier alpha value is -5.22. The lowest BCUT2D eigenvalue weighted by molar-refractivity contribution is -0.152. The highest BCUT2D eigenvalue weighted by atomic mass is 32.2. The number of nitrogens with two attached hydrogens (primary N) is 4. The van der Waals surface area contributed by atoms with Gasteiger partial charge in [0.15, 0.2) is 39.1 Å². The highest BCUT2D eigenvalue weighted by Gasteiger charge is 2.61. The maximum atomic E-state index is 13.5. The lowest BCUT2D eigenvalue weighted by atomic mass is 9.98. The number of oxime groups is 1. The number of anilines is 4. The molecule has 19 nitrogen and oxygen atoms in total. The second-order valence-corrected chi connectivity index (χ2v) is 13.8. The van der Waals surface area contributed by atoms with E-state index in [1.165, 1.54) is 16.3 Å². The SMILES string of the molecule is CC1S[C@@H]2C(NC(=O)C(=NO[C@H](C(=O)O)c3ccc(O)c(O)c3)c3csc(N)n3)C(=O)N2CC1(Sc1nc(N)c(N)c(N)n1)C(=O)O. The predicted octanol–water partition coefficient (Wildman–Crippen LogP) is -0.376. The van der Waals surface area contributed by atoms with Gasteiger partial charge in [0.2, 0.25) is 12.0 Å². The molecule has 2 saturated heterocycles. The highest BCUT2D eigenvalue weighted by molar-refractivity contribution is 8.05. The van der Waals surface area contributed by atoms with E-state index in [0.29, 0.717) is 0 Å². The van der Waals surface area contributed by atoms with E-state index in [1.807, 2.05) is 0 Å². The molecule has 0 aliphatic carbocycles. The van der Waals surface area contributed by atoms with Crippen LogP contribution in [-0.4, -0.2) is 97.7 Å². The van der Waals surface area contributed by atoms with Crippen molar-refractivity contribution in [3.8, 4) is 11.5 Å². The Balaban J connectivity index is 1.36. The Morgan fingerprint density at radius 3 is 2.38 bits per heavy atom. The molecule has 3 aromatic rings. The summed E-state index contributed by atoms with van der Waals surface area (Å²) in [5.41, 5.74) is 22.2. The minimum Gasteiger partial charge on any atom is -0.504 e. The zero-order chi connectivity index (χ0) is 34.4. The Kier molecular flexibility index (Phi) is 8.83. The molecular formula is C25H26N10O9S3. The molecule has 4 heterocycles. The zero-order valence-electron chi connectivity index (χ0n) is 23.9. The van der Waals surface area contributed by atoms with Crippen LogP contribution >= 0.6 is 34.9 Å². The molecule has 2 aliphatic heterocycles. The third kappa shape index (κ3) is 6.16. The van der Waals surface area contributed by atoms with E-state index < -0.39 is 68.5 Å². The van der Waals surface area contributed by atoms with Crippen molar-refractivity contribution in [2.75, 3.05) is 29.5 Å². The van der Waals surface area contributed by atoms with Crippen molar-refractivity contribution in [2.45, 2.75) is 39.6 Å². The molecule has 22 heteroatoms. The Labute approximate surface area is 276 Å². The molecule has 13 N–H and O–H groups in total. The Morgan fingerprint density at radius 2 is 1.81 bits per heavy atom. The number of fused-ring (bicyclic) bond motifs is 1. The van der Waals surface area contributed by atoms with Gasteiger partial charge < -0.3 is 58.4 Å². The number of rotatable bonds is 10. The first-order valence-corrected chi connectivity index (χ1v) is 15.8. The monoisotopic (exact) mass is 706 g/mol. The molecule has 2 fully saturated rings. The molecule has 5 atom stereocenters. The fourth-order valence-electron chi connectivity index (χ4n) is 4.64. The molecule has 5 rings (SSSR count). The maximum Gasteiger partial charge on any atom is 0.352 e. The number of nitrogen functional groups attached to an aromatic ring is 4. The smallest absolute Gasteiger partial charge is 0.352 e. The number of aliphatic carboxylic acids is 2. The molecule has 2 aromatic heterocycles. The first kappa shape index (κ1) is 33.2. The van der Waals surface area contributed by atoms with Gasteiger partial charge in [0.05, 0.1) is 0 Å². The predicted molar refractivity (Wildman–Crippen MR) is 170 cm³/mol. The van der Waals surface area contributed by atoms with Crippen LogP contribution in [0.1, 0.15) is 24.3 Å². The molecule has 0 spiro atoms. The van der Waals surface area contributed by atoms with Crippen molar-refractivity contribution in [2.24, 2.45) is 5.16 Å². The number of carboxylic acid groups (broad SMARTS) is 2. The molecule has 3 unspecified atom stereocenters. The zero-order valence-corrected chi connectivity index (χ0v) is 26.4. The van der Waals surface area contributed by atoms with E-state index >= 15 is 0 Å². The van der Waals surface area contributed by atoms with Crippen LogP contribution in [0.2, 0.25) is 0 Å². The highest BCUT2D eigenvalue weighted by Crippen LogP contribution is 2.50. The molecule has 0 saturated carbocycles. The first-order chi connectivity index (χ1) is 22.1. The topological polar surface area (TPSA) is 329 Å². The average molecular weight is 707 g/mol. The molecule has 0 radical (unpaired) electrons. The van der Waals surface area contributed by atoms with Crippen molar-refractivity contribution in [1.82, 2.24) is 25.2 Å². The lowest BCUT2D eigenvalue weighted by Crippen LogP contribution is -2.76. The van der Waals surface area contributed by atoms with Crippen molar-refractivity contribution >= 4 is 86.8 Å². The van der Waals surface area contributed by atoms with Gasteiger partial charge in [-0.25, -0.2) is 19.7 Å². The number of amides is 2. The van der Waals surface area contributed by atoms with E-state index in [0.717, 1.165) is 47.0 Å². The van der Waals surface area contributed by atoms with Gasteiger partial charge in [-0.2, -0.15) is 0 Å². The van der Waals surface area contributed by atoms with Crippen LogP contribution in [0.25, 0.3) is 0 Å². The second kappa shape index (κ2) is 12.5. The third-order valence-electron chi connectivity index (χ3n) is 7.21. The second-order valence-electron chi connectivity index (χ2n) is 10.2. The summed E-state index contributed by atoms with van der Waals surface area (Å²) < 4.78 is -1.63. The van der Waals surface area contributed by atoms with Gasteiger partial charge in [-0.15, -0.1) is 23.1 Å². The summed E-state index contributed by atoms with van der Waals surface area (Å²) in [5, 5.41) is 45.7. The molecule has 47 heavy (non-hydrogen) atoms. The number of nitrogens with one attached hydrogen (secondary N) is 1. The fraction of sp³-hybridized carbons (Fsp3) is 0.280. The van der Waals surface area contributed by atoms with Gasteiger partial charge in [-0.3, -0.25) is 14.4 Å². The summed E-state index contributed by atoms with van der Waals surface area (Å²) in [7, 11) is 0. The average Bonchev–Trinajstić information content (AvgIpc) is 3.44. The van der Waals surface area contributed by atoms with Crippen molar-refractivity contribution < 1.29 is 44.4 Å². The van der Waals surface area contributed by atoms with Gasteiger partial charge in [-0.05, 0) is 12.1 Å². The summed E-state index contributed by atoms with van der Waals surface area (Å²) >= 11 is 2.83. The largest absolute Gasteiger partial charge is 0.504 e. The summed E-state index contributed by atoms with van der Waals surface area (Å²) in [4.78, 5) is 69.9. The summed E-state index contributed by atoms with van der Waals surface area (Å²) in [5.74, 6) is -5.73. The van der Waals surface area contributed by atoms with E-state index in [4.69, 9.17) is 27.8 Å². The number of carboxylic acids is 2. The molecule has 1 aromatic carbocycles. The Morgan fingerprint density at radius 1 is 1.13 bits per heavy atom.